The summed E-state index contributed by atoms with van der Waals surface area (Å²) in [6.07, 6.45) is 0. The second kappa shape index (κ2) is 9.22. The van der Waals surface area contributed by atoms with Gasteiger partial charge in [-0.1, -0.05) is 13.0 Å². The topological polar surface area (TPSA) is 65.7 Å². The van der Waals surface area contributed by atoms with Crippen molar-refractivity contribution in [1.82, 2.24) is 4.90 Å². The van der Waals surface area contributed by atoms with Gasteiger partial charge in [0.2, 0.25) is 0 Å². The third-order valence-electron chi connectivity index (χ3n) is 3.16. The molecule has 21 heavy (non-hydrogen) atoms. The molecule has 0 saturated carbocycles. The van der Waals surface area contributed by atoms with Crippen LogP contribution in [0, 0.1) is 11.3 Å². The van der Waals surface area contributed by atoms with Crippen molar-refractivity contribution in [3.05, 3.63) is 23.8 Å². The highest BCUT2D eigenvalue weighted by molar-refractivity contribution is 5.45. The fourth-order valence-electron chi connectivity index (χ4n) is 2.20. The summed E-state index contributed by atoms with van der Waals surface area (Å²) < 4.78 is 11.1. The molecule has 0 aliphatic carbocycles. The van der Waals surface area contributed by atoms with E-state index in [0.717, 1.165) is 5.56 Å². The summed E-state index contributed by atoms with van der Waals surface area (Å²) in [4.78, 5) is 1.92. The first-order valence-corrected chi connectivity index (χ1v) is 7.35. The molecule has 1 unspecified atom stereocenters. The number of aliphatic hydroxyl groups is 1. The van der Waals surface area contributed by atoms with E-state index in [9.17, 15) is 5.26 Å². The lowest BCUT2D eigenvalue weighted by molar-refractivity contribution is 0.180. The highest BCUT2D eigenvalue weighted by Gasteiger charge is 2.20. The molecular weight excluding hydrogens is 268 g/mol. The normalized spacial score (nSPS) is 12.0. The molecule has 0 aliphatic heterocycles. The summed E-state index contributed by atoms with van der Waals surface area (Å²) in [6, 6.07) is 7.45. The van der Waals surface area contributed by atoms with E-state index in [1.807, 2.05) is 43.9 Å². The van der Waals surface area contributed by atoms with Gasteiger partial charge in [-0.2, -0.15) is 5.26 Å². The van der Waals surface area contributed by atoms with E-state index < -0.39 is 6.04 Å². The van der Waals surface area contributed by atoms with Gasteiger partial charge < -0.3 is 14.6 Å². The van der Waals surface area contributed by atoms with E-state index in [-0.39, 0.29) is 6.61 Å². The Hall–Kier alpha value is -1.77. The number of hydrogen-bond donors (Lipinski definition) is 1. The maximum Gasteiger partial charge on any atom is 0.161 e. The predicted molar refractivity (Wildman–Crippen MR) is 81.5 cm³/mol. The molecule has 0 saturated heterocycles. The van der Waals surface area contributed by atoms with Crippen LogP contribution in [0.2, 0.25) is 0 Å². The van der Waals surface area contributed by atoms with Gasteiger partial charge in [0, 0.05) is 6.54 Å². The molecule has 0 amide bonds. The Bertz CT molecular complexity index is 471. The quantitative estimate of drug-likeness (QED) is 0.757. The van der Waals surface area contributed by atoms with Crippen LogP contribution < -0.4 is 9.47 Å². The van der Waals surface area contributed by atoms with Crippen molar-refractivity contribution < 1.29 is 14.6 Å². The fourth-order valence-corrected chi connectivity index (χ4v) is 2.20. The summed E-state index contributed by atoms with van der Waals surface area (Å²) in [5.74, 6) is 1.34. The van der Waals surface area contributed by atoms with Crippen molar-refractivity contribution in [2.45, 2.75) is 26.8 Å². The third kappa shape index (κ3) is 4.62. The molecule has 0 heterocycles. The van der Waals surface area contributed by atoms with Gasteiger partial charge in [0.25, 0.3) is 0 Å². The van der Waals surface area contributed by atoms with Gasteiger partial charge in [-0.05, 0) is 38.1 Å². The van der Waals surface area contributed by atoms with Crippen molar-refractivity contribution in [3.8, 4) is 17.6 Å². The molecule has 0 radical (unpaired) electrons. The number of hydrogen-bond acceptors (Lipinski definition) is 5. The largest absolute Gasteiger partial charge is 0.490 e. The maximum absolute atomic E-state index is 9.46. The van der Waals surface area contributed by atoms with Crippen molar-refractivity contribution in [2.24, 2.45) is 0 Å². The molecule has 116 valence electrons. The number of ether oxygens (including phenoxy) is 2. The van der Waals surface area contributed by atoms with E-state index in [1.165, 1.54) is 0 Å². The van der Waals surface area contributed by atoms with Crippen molar-refractivity contribution in [2.75, 3.05) is 32.9 Å². The lowest BCUT2D eigenvalue weighted by Crippen LogP contribution is -2.30. The Labute approximate surface area is 126 Å². The summed E-state index contributed by atoms with van der Waals surface area (Å²) in [6.45, 7) is 8.08. The summed E-state index contributed by atoms with van der Waals surface area (Å²) >= 11 is 0. The third-order valence-corrected chi connectivity index (χ3v) is 3.16. The molecule has 1 aromatic carbocycles. The SMILES string of the molecule is CCOc1ccc(C(C#N)N(CC)CCO)cc1OCC. The summed E-state index contributed by atoms with van der Waals surface area (Å²) in [5, 5.41) is 18.6. The predicted octanol–water partition coefficient (Wildman–Crippen LogP) is 2.36. The summed E-state index contributed by atoms with van der Waals surface area (Å²) in [5.41, 5.74) is 0.847. The zero-order chi connectivity index (χ0) is 15.7. The Morgan fingerprint density at radius 3 is 2.38 bits per heavy atom. The van der Waals surface area contributed by atoms with Crippen LogP contribution in [0.3, 0.4) is 0 Å². The van der Waals surface area contributed by atoms with Crippen LogP contribution in [-0.2, 0) is 0 Å². The highest BCUT2D eigenvalue weighted by atomic mass is 16.5. The fraction of sp³-hybridized carbons (Fsp3) is 0.562. The van der Waals surface area contributed by atoms with Crippen molar-refractivity contribution in [3.63, 3.8) is 0 Å². The first kappa shape index (κ1) is 17.3. The molecule has 5 heteroatoms. The number of nitriles is 1. The van der Waals surface area contributed by atoms with E-state index in [2.05, 4.69) is 6.07 Å². The lowest BCUT2D eigenvalue weighted by atomic mass is 10.1. The second-order valence-corrected chi connectivity index (χ2v) is 4.46. The first-order valence-electron chi connectivity index (χ1n) is 7.35. The van der Waals surface area contributed by atoms with Gasteiger partial charge in [-0.25, -0.2) is 0 Å². The maximum atomic E-state index is 9.46. The average Bonchev–Trinajstić information content (AvgIpc) is 2.50. The smallest absolute Gasteiger partial charge is 0.161 e. The Morgan fingerprint density at radius 2 is 1.86 bits per heavy atom. The van der Waals surface area contributed by atoms with Gasteiger partial charge in [0.05, 0.1) is 25.9 Å². The molecule has 5 nitrogen and oxygen atoms in total. The molecule has 0 spiro atoms. The van der Waals surface area contributed by atoms with E-state index in [1.54, 1.807) is 0 Å². The van der Waals surface area contributed by atoms with Crippen LogP contribution in [0.25, 0.3) is 0 Å². The standard InChI is InChI=1S/C16H24N2O3/c1-4-18(9-10-19)14(12-17)13-7-8-15(20-5-2)16(11-13)21-6-3/h7-8,11,14,19H,4-6,9-10H2,1-3H3. The molecule has 1 atom stereocenters. The Morgan fingerprint density at radius 1 is 1.19 bits per heavy atom. The van der Waals surface area contributed by atoms with Crippen LogP contribution in [0.5, 0.6) is 11.5 Å². The van der Waals surface area contributed by atoms with Crippen LogP contribution in [-0.4, -0.2) is 42.9 Å². The number of nitrogens with zero attached hydrogens (tertiary/aromatic N) is 2. The number of aliphatic hydroxyl groups excluding tert-OH is 1. The molecule has 0 bridgehead atoms. The minimum absolute atomic E-state index is 0.0291. The molecule has 1 aromatic rings. The molecule has 0 aromatic heterocycles. The summed E-state index contributed by atoms with van der Waals surface area (Å²) in [7, 11) is 0. The zero-order valence-corrected chi connectivity index (χ0v) is 13.0. The number of likely N-dealkylation sites (N-methyl/N-ethyl adjacent to an activating group) is 1. The highest BCUT2D eigenvalue weighted by Crippen LogP contribution is 2.32. The first-order chi connectivity index (χ1) is 10.2. The van der Waals surface area contributed by atoms with Gasteiger partial charge in [0.1, 0.15) is 6.04 Å². The Balaban J connectivity index is 3.09. The second-order valence-electron chi connectivity index (χ2n) is 4.46. The Kier molecular flexibility index (Phi) is 7.59. The minimum Gasteiger partial charge on any atom is -0.490 e. The van der Waals surface area contributed by atoms with Crippen molar-refractivity contribution >= 4 is 0 Å². The molecular formula is C16H24N2O3. The average molecular weight is 292 g/mol. The van der Waals surface area contributed by atoms with Crippen molar-refractivity contribution in [1.29, 1.82) is 5.26 Å². The van der Waals surface area contributed by atoms with Crippen LogP contribution in [0.4, 0.5) is 0 Å². The minimum atomic E-state index is -0.406. The molecule has 1 rings (SSSR count). The van der Waals surface area contributed by atoms with Crippen LogP contribution >= 0.6 is 0 Å². The monoisotopic (exact) mass is 292 g/mol. The van der Waals surface area contributed by atoms with E-state index in [4.69, 9.17) is 14.6 Å². The van der Waals surface area contributed by atoms with Crippen LogP contribution in [0.15, 0.2) is 18.2 Å². The van der Waals surface area contributed by atoms with Gasteiger partial charge in [0.15, 0.2) is 11.5 Å². The van der Waals surface area contributed by atoms with E-state index >= 15 is 0 Å². The molecule has 0 aliphatic rings. The van der Waals surface area contributed by atoms with Gasteiger partial charge >= 0.3 is 0 Å². The van der Waals surface area contributed by atoms with E-state index in [0.29, 0.717) is 37.8 Å². The van der Waals surface area contributed by atoms with Crippen LogP contribution in [0.1, 0.15) is 32.4 Å². The zero-order valence-electron chi connectivity index (χ0n) is 13.0. The lowest BCUT2D eigenvalue weighted by Gasteiger charge is -2.25. The van der Waals surface area contributed by atoms with Gasteiger partial charge in [-0.3, -0.25) is 4.90 Å². The molecule has 1 N–H and O–H groups in total. The van der Waals surface area contributed by atoms with Gasteiger partial charge in [-0.15, -0.1) is 0 Å². The number of benzene rings is 1. The molecule has 0 fully saturated rings. The number of rotatable bonds is 9.